The Morgan fingerprint density at radius 2 is 2.27 bits per heavy atom. The lowest BCUT2D eigenvalue weighted by Crippen LogP contribution is -2.60. The first-order chi connectivity index (χ1) is 12.8. The molecule has 3 aliphatic rings. The number of aromatic amines is 1. The Labute approximate surface area is 155 Å². The fraction of sp³-hybridized carbons (Fsp3) is 0.789. The van der Waals surface area contributed by atoms with Gasteiger partial charge in [-0.1, -0.05) is 0 Å². The summed E-state index contributed by atoms with van der Waals surface area (Å²) in [6, 6.07) is 0.618. The Balaban J connectivity index is 1.37. The zero-order valence-electron chi connectivity index (χ0n) is 15.5. The molecule has 3 N–H and O–H groups in total. The van der Waals surface area contributed by atoms with Crippen LogP contribution in [0.4, 0.5) is 0 Å². The fourth-order valence-corrected chi connectivity index (χ4v) is 5.08. The molecule has 144 valence electrons. The number of carbonyl (C=O) groups is 1. The van der Waals surface area contributed by atoms with E-state index in [0.29, 0.717) is 18.5 Å². The molecule has 1 saturated carbocycles. The van der Waals surface area contributed by atoms with Crippen LogP contribution in [0.2, 0.25) is 0 Å². The van der Waals surface area contributed by atoms with Crippen LogP contribution in [0.15, 0.2) is 12.5 Å². The largest absolute Gasteiger partial charge is 0.379 e. The lowest BCUT2D eigenvalue weighted by molar-refractivity contribution is -0.140. The summed E-state index contributed by atoms with van der Waals surface area (Å²) >= 11 is 0. The third-order valence-electron chi connectivity index (χ3n) is 6.62. The molecule has 4 rings (SSSR count). The number of carbonyl (C=O) groups excluding carboxylic acids is 1. The first-order valence-corrected chi connectivity index (χ1v) is 10.1. The van der Waals surface area contributed by atoms with Crippen LogP contribution in [-0.2, 0) is 16.0 Å². The highest BCUT2D eigenvalue weighted by atomic mass is 16.5. The maximum Gasteiger partial charge on any atom is 0.227 e. The number of hydrogen-bond donors (Lipinski definition) is 3. The Morgan fingerprint density at radius 1 is 1.38 bits per heavy atom. The number of morpholine rings is 1. The van der Waals surface area contributed by atoms with E-state index in [0.717, 1.165) is 77.2 Å². The van der Waals surface area contributed by atoms with Crippen molar-refractivity contribution in [2.45, 2.75) is 38.1 Å². The Kier molecular flexibility index (Phi) is 5.57. The third kappa shape index (κ3) is 3.66. The number of fused-ring (bicyclic) bond motifs is 1. The molecule has 0 aromatic carbocycles. The van der Waals surface area contributed by atoms with Crippen LogP contribution in [0.3, 0.4) is 0 Å². The van der Waals surface area contributed by atoms with Crippen molar-refractivity contribution >= 4 is 5.91 Å². The molecule has 1 aliphatic carbocycles. The highest BCUT2D eigenvalue weighted by molar-refractivity contribution is 5.83. The summed E-state index contributed by atoms with van der Waals surface area (Å²) in [6.07, 6.45) is 8.67. The van der Waals surface area contributed by atoms with Gasteiger partial charge in [-0.05, 0) is 38.1 Å². The lowest BCUT2D eigenvalue weighted by Gasteiger charge is -2.50. The minimum atomic E-state index is -0.227. The van der Waals surface area contributed by atoms with E-state index in [-0.39, 0.29) is 11.3 Å². The van der Waals surface area contributed by atoms with Gasteiger partial charge in [0.2, 0.25) is 5.91 Å². The molecule has 0 radical (unpaired) electrons. The molecular weight excluding hydrogens is 330 g/mol. The summed E-state index contributed by atoms with van der Waals surface area (Å²) in [7, 11) is 0. The molecule has 0 bridgehead atoms. The summed E-state index contributed by atoms with van der Waals surface area (Å²) in [4.78, 5) is 22.9. The minimum absolute atomic E-state index is 0.227. The van der Waals surface area contributed by atoms with Crippen LogP contribution in [0, 0.1) is 11.3 Å². The molecule has 2 saturated heterocycles. The standard InChI is InChI=1S/C19H31N5O2/c25-18(22-6-3-16-12-21-14-23-16)19-4-1-17(24-7-9-26-10-8-24)11-15(19)2-5-20-13-19/h12,14-15,17,20H,1-11,13H2,(H,21,23)(H,22,25)/t15-,17+,19-/m1/s1. The SMILES string of the molecule is O=C(NCCc1cnc[nH]1)[C@@]12CC[C@H](N3CCOCC3)C[C@H]1CCNC2. The van der Waals surface area contributed by atoms with E-state index in [2.05, 4.69) is 25.5 Å². The average molecular weight is 361 g/mol. The zero-order valence-corrected chi connectivity index (χ0v) is 15.5. The van der Waals surface area contributed by atoms with Gasteiger partial charge in [0.05, 0.1) is 25.0 Å². The maximum atomic E-state index is 13.2. The predicted molar refractivity (Wildman–Crippen MR) is 98.7 cm³/mol. The molecule has 3 heterocycles. The van der Waals surface area contributed by atoms with E-state index >= 15 is 0 Å². The first-order valence-electron chi connectivity index (χ1n) is 10.1. The first kappa shape index (κ1) is 17.9. The van der Waals surface area contributed by atoms with Crippen LogP contribution in [-0.4, -0.2) is 72.8 Å². The summed E-state index contributed by atoms with van der Waals surface area (Å²) in [5.41, 5.74) is 0.840. The number of aromatic nitrogens is 2. The molecule has 26 heavy (non-hydrogen) atoms. The zero-order chi connectivity index (χ0) is 17.8. The topological polar surface area (TPSA) is 82.3 Å². The highest BCUT2D eigenvalue weighted by Crippen LogP contribution is 2.46. The molecule has 1 aromatic rings. The molecule has 7 heteroatoms. The van der Waals surface area contributed by atoms with Crippen LogP contribution in [0.5, 0.6) is 0 Å². The third-order valence-corrected chi connectivity index (χ3v) is 6.62. The van der Waals surface area contributed by atoms with Crippen molar-refractivity contribution in [1.82, 2.24) is 25.5 Å². The number of imidazole rings is 1. The van der Waals surface area contributed by atoms with Crippen molar-refractivity contribution in [2.75, 3.05) is 45.9 Å². The highest BCUT2D eigenvalue weighted by Gasteiger charge is 2.50. The van der Waals surface area contributed by atoms with Gasteiger partial charge in [-0.25, -0.2) is 4.98 Å². The number of H-pyrrole nitrogens is 1. The Morgan fingerprint density at radius 3 is 3.08 bits per heavy atom. The van der Waals surface area contributed by atoms with Gasteiger partial charge in [0, 0.05) is 50.5 Å². The van der Waals surface area contributed by atoms with Crippen LogP contribution < -0.4 is 10.6 Å². The molecule has 3 atom stereocenters. The number of amides is 1. The minimum Gasteiger partial charge on any atom is -0.379 e. The molecule has 0 unspecified atom stereocenters. The van der Waals surface area contributed by atoms with Crippen molar-refractivity contribution in [1.29, 1.82) is 0 Å². The number of ether oxygens (including phenoxy) is 1. The van der Waals surface area contributed by atoms with Gasteiger partial charge in [-0.3, -0.25) is 9.69 Å². The maximum absolute atomic E-state index is 13.2. The van der Waals surface area contributed by atoms with Crippen LogP contribution >= 0.6 is 0 Å². The van der Waals surface area contributed by atoms with Gasteiger partial charge in [-0.2, -0.15) is 0 Å². The number of hydrogen-bond acceptors (Lipinski definition) is 5. The van der Waals surface area contributed by atoms with Gasteiger partial charge in [0.15, 0.2) is 0 Å². The second kappa shape index (κ2) is 8.06. The second-order valence-corrected chi connectivity index (χ2v) is 7.98. The van der Waals surface area contributed by atoms with E-state index in [9.17, 15) is 4.79 Å². The van der Waals surface area contributed by atoms with Crippen molar-refractivity contribution < 1.29 is 9.53 Å². The molecule has 2 aliphatic heterocycles. The molecule has 1 aromatic heterocycles. The van der Waals surface area contributed by atoms with Gasteiger partial charge in [0.25, 0.3) is 0 Å². The van der Waals surface area contributed by atoms with E-state index < -0.39 is 0 Å². The van der Waals surface area contributed by atoms with Gasteiger partial charge < -0.3 is 20.4 Å². The Bertz CT molecular complexity index is 587. The fourth-order valence-electron chi connectivity index (χ4n) is 5.08. The van der Waals surface area contributed by atoms with Gasteiger partial charge >= 0.3 is 0 Å². The van der Waals surface area contributed by atoms with E-state index in [1.165, 1.54) is 0 Å². The number of piperidine rings is 1. The molecule has 0 spiro atoms. The number of rotatable bonds is 5. The monoisotopic (exact) mass is 361 g/mol. The van der Waals surface area contributed by atoms with Crippen molar-refractivity contribution in [3.63, 3.8) is 0 Å². The Hall–Kier alpha value is -1.44. The summed E-state index contributed by atoms with van der Waals surface area (Å²) in [5.74, 6) is 0.729. The average Bonchev–Trinajstić information content (AvgIpc) is 3.21. The second-order valence-electron chi connectivity index (χ2n) is 7.98. The van der Waals surface area contributed by atoms with Crippen molar-refractivity contribution in [2.24, 2.45) is 11.3 Å². The smallest absolute Gasteiger partial charge is 0.227 e. The summed E-state index contributed by atoms with van der Waals surface area (Å²) in [5, 5.41) is 6.71. The summed E-state index contributed by atoms with van der Waals surface area (Å²) < 4.78 is 5.51. The van der Waals surface area contributed by atoms with Crippen molar-refractivity contribution in [3.8, 4) is 0 Å². The normalized spacial score (nSPS) is 32.8. The van der Waals surface area contributed by atoms with E-state index in [1.807, 2.05) is 6.20 Å². The molecule has 1 amide bonds. The van der Waals surface area contributed by atoms with E-state index in [4.69, 9.17) is 4.74 Å². The summed E-state index contributed by atoms with van der Waals surface area (Å²) in [6.45, 7) is 6.30. The predicted octanol–water partition coefficient (Wildman–Crippen LogP) is 0.549. The van der Waals surface area contributed by atoms with Crippen LogP contribution in [0.1, 0.15) is 31.4 Å². The molecular formula is C19H31N5O2. The quantitative estimate of drug-likeness (QED) is 0.713. The molecule has 3 fully saturated rings. The molecule has 7 nitrogen and oxygen atoms in total. The van der Waals surface area contributed by atoms with Crippen LogP contribution in [0.25, 0.3) is 0 Å². The lowest BCUT2D eigenvalue weighted by atomic mass is 9.61. The van der Waals surface area contributed by atoms with Gasteiger partial charge in [0.1, 0.15) is 0 Å². The van der Waals surface area contributed by atoms with Crippen molar-refractivity contribution in [3.05, 3.63) is 18.2 Å². The van der Waals surface area contributed by atoms with Gasteiger partial charge in [-0.15, -0.1) is 0 Å². The number of nitrogens with zero attached hydrogens (tertiary/aromatic N) is 2. The number of nitrogens with one attached hydrogen (secondary N) is 3. The van der Waals surface area contributed by atoms with E-state index in [1.54, 1.807) is 6.33 Å².